The lowest BCUT2D eigenvalue weighted by Crippen LogP contribution is -2.25. The first kappa shape index (κ1) is 13.6. The molecule has 3 nitrogen and oxygen atoms in total. The van der Waals surface area contributed by atoms with Crippen LogP contribution in [0.25, 0.3) is 0 Å². The van der Waals surface area contributed by atoms with Crippen molar-refractivity contribution in [1.82, 2.24) is 0 Å². The summed E-state index contributed by atoms with van der Waals surface area (Å²) < 4.78 is 6.50. The van der Waals surface area contributed by atoms with Gasteiger partial charge in [0.1, 0.15) is 0 Å². The highest BCUT2D eigenvalue weighted by molar-refractivity contribution is 9.10. The molecule has 1 aliphatic heterocycles. The minimum atomic E-state index is -0.781. The summed E-state index contributed by atoms with van der Waals surface area (Å²) in [6, 6.07) is 7.51. The number of ether oxygens (including phenoxy) is 1. The van der Waals surface area contributed by atoms with Gasteiger partial charge in [-0.15, -0.1) is 0 Å². The molecular formula is C14H17BrO3. The second-order valence-electron chi connectivity index (χ2n) is 4.64. The van der Waals surface area contributed by atoms with Gasteiger partial charge in [-0.2, -0.15) is 0 Å². The average molecular weight is 313 g/mol. The van der Waals surface area contributed by atoms with Gasteiger partial charge in [-0.1, -0.05) is 34.1 Å². The van der Waals surface area contributed by atoms with Gasteiger partial charge >= 0.3 is 5.97 Å². The molecule has 2 atom stereocenters. The smallest absolute Gasteiger partial charge is 0.311 e. The molecule has 1 N–H and O–H groups in total. The topological polar surface area (TPSA) is 46.5 Å². The summed E-state index contributed by atoms with van der Waals surface area (Å²) in [5.74, 6) is -1.28. The van der Waals surface area contributed by atoms with E-state index in [1.54, 1.807) is 0 Å². The van der Waals surface area contributed by atoms with Crippen LogP contribution in [0.3, 0.4) is 0 Å². The van der Waals surface area contributed by atoms with E-state index in [0.717, 1.165) is 35.9 Å². The predicted molar refractivity (Wildman–Crippen MR) is 72.7 cm³/mol. The van der Waals surface area contributed by atoms with E-state index >= 15 is 0 Å². The predicted octanol–water partition coefficient (Wildman–Crippen LogP) is 3.58. The van der Waals surface area contributed by atoms with Crippen LogP contribution in [0.1, 0.15) is 37.2 Å². The van der Waals surface area contributed by atoms with E-state index in [-0.39, 0.29) is 6.10 Å². The van der Waals surface area contributed by atoms with Crippen LogP contribution in [-0.4, -0.2) is 23.8 Å². The van der Waals surface area contributed by atoms with Gasteiger partial charge in [0.15, 0.2) is 0 Å². The molecular weight excluding hydrogens is 296 g/mol. The van der Waals surface area contributed by atoms with Gasteiger partial charge in [0, 0.05) is 11.1 Å². The molecule has 1 heterocycles. The monoisotopic (exact) mass is 312 g/mol. The molecule has 1 aliphatic rings. The number of aliphatic carboxylic acids is 1. The number of carboxylic acid groups (broad SMARTS) is 1. The lowest BCUT2D eigenvalue weighted by atomic mass is 9.91. The van der Waals surface area contributed by atoms with Gasteiger partial charge in [-0.3, -0.25) is 4.79 Å². The van der Waals surface area contributed by atoms with Crippen molar-refractivity contribution in [2.45, 2.75) is 37.7 Å². The maximum absolute atomic E-state index is 11.4. The molecule has 0 radical (unpaired) electrons. The molecule has 0 aliphatic carbocycles. The Kier molecular flexibility index (Phi) is 4.78. The second kappa shape index (κ2) is 6.34. The first-order chi connectivity index (χ1) is 8.68. The minimum Gasteiger partial charge on any atom is -0.481 e. The van der Waals surface area contributed by atoms with Crippen LogP contribution in [0, 0.1) is 0 Å². The molecule has 0 aromatic heterocycles. The Morgan fingerprint density at radius 3 is 2.83 bits per heavy atom. The average Bonchev–Trinajstić information content (AvgIpc) is 2.38. The van der Waals surface area contributed by atoms with E-state index in [2.05, 4.69) is 15.9 Å². The normalized spacial score (nSPS) is 21.5. The second-order valence-corrected chi connectivity index (χ2v) is 5.49. The third-order valence-electron chi connectivity index (χ3n) is 3.35. The van der Waals surface area contributed by atoms with E-state index in [0.29, 0.717) is 6.42 Å². The van der Waals surface area contributed by atoms with Crippen LogP contribution in [0.2, 0.25) is 0 Å². The molecule has 18 heavy (non-hydrogen) atoms. The lowest BCUT2D eigenvalue weighted by molar-refractivity contribution is -0.140. The van der Waals surface area contributed by atoms with Crippen LogP contribution >= 0.6 is 15.9 Å². The number of benzene rings is 1. The maximum atomic E-state index is 11.4. The van der Waals surface area contributed by atoms with Gasteiger partial charge in [0.05, 0.1) is 12.0 Å². The van der Waals surface area contributed by atoms with Gasteiger partial charge < -0.3 is 9.84 Å². The highest BCUT2D eigenvalue weighted by atomic mass is 79.9. The number of rotatable bonds is 4. The van der Waals surface area contributed by atoms with Gasteiger partial charge in [0.2, 0.25) is 0 Å². The van der Waals surface area contributed by atoms with Crippen molar-refractivity contribution in [2.75, 3.05) is 6.61 Å². The fraction of sp³-hybridized carbons (Fsp3) is 0.500. The third-order valence-corrected chi connectivity index (χ3v) is 4.07. The molecule has 0 bridgehead atoms. The Morgan fingerprint density at radius 1 is 1.44 bits per heavy atom. The molecule has 0 saturated carbocycles. The number of hydrogen-bond donors (Lipinski definition) is 1. The van der Waals surface area contributed by atoms with Crippen LogP contribution in [-0.2, 0) is 9.53 Å². The van der Waals surface area contributed by atoms with E-state index < -0.39 is 11.9 Å². The summed E-state index contributed by atoms with van der Waals surface area (Å²) in [7, 11) is 0. The van der Waals surface area contributed by atoms with Crippen molar-refractivity contribution in [2.24, 2.45) is 0 Å². The molecule has 0 amide bonds. The Hall–Kier alpha value is -0.870. The lowest BCUT2D eigenvalue weighted by Gasteiger charge is -2.25. The van der Waals surface area contributed by atoms with Crippen LogP contribution in [0.5, 0.6) is 0 Å². The van der Waals surface area contributed by atoms with Crippen molar-refractivity contribution in [3.63, 3.8) is 0 Å². The van der Waals surface area contributed by atoms with Crippen LogP contribution < -0.4 is 0 Å². The summed E-state index contributed by atoms with van der Waals surface area (Å²) in [6.45, 7) is 0.757. The number of halogens is 1. The Bertz CT molecular complexity index is 413. The zero-order valence-corrected chi connectivity index (χ0v) is 11.7. The summed E-state index contributed by atoms with van der Waals surface area (Å²) in [6.07, 6.45) is 3.81. The van der Waals surface area contributed by atoms with Crippen molar-refractivity contribution < 1.29 is 14.6 Å². The molecule has 0 spiro atoms. The first-order valence-corrected chi connectivity index (χ1v) is 7.06. The first-order valence-electron chi connectivity index (χ1n) is 6.27. The summed E-state index contributed by atoms with van der Waals surface area (Å²) in [5.41, 5.74) is 0.833. The highest BCUT2D eigenvalue weighted by Crippen LogP contribution is 2.31. The number of carbonyl (C=O) groups is 1. The summed E-state index contributed by atoms with van der Waals surface area (Å²) >= 11 is 3.43. The zero-order valence-electron chi connectivity index (χ0n) is 10.1. The van der Waals surface area contributed by atoms with Crippen molar-refractivity contribution in [3.05, 3.63) is 34.3 Å². The summed E-state index contributed by atoms with van der Waals surface area (Å²) in [5, 5.41) is 9.41. The zero-order chi connectivity index (χ0) is 13.0. The van der Waals surface area contributed by atoms with Crippen molar-refractivity contribution >= 4 is 21.9 Å². The highest BCUT2D eigenvalue weighted by Gasteiger charge is 2.27. The quantitative estimate of drug-likeness (QED) is 0.924. The number of hydrogen-bond acceptors (Lipinski definition) is 2. The molecule has 1 aromatic rings. The minimum absolute atomic E-state index is 0.0759. The van der Waals surface area contributed by atoms with E-state index in [1.807, 2.05) is 24.3 Å². The molecule has 4 heteroatoms. The number of carboxylic acids is 1. The van der Waals surface area contributed by atoms with E-state index in [9.17, 15) is 9.90 Å². The van der Waals surface area contributed by atoms with Crippen molar-refractivity contribution in [1.29, 1.82) is 0 Å². The fourth-order valence-electron chi connectivity index (χ4n) is 2.37. The Balaban J connectivity index is 2.13. The molecule has 1 fully saturated rings. The largest absolute Gasteiger partial charge is 0.481 e. The van der Waals surface area contributed by atoms with E-state index in [1.165, 1.54) is 0 Å². The molecule has 1 aromatic carbocycles. The van der Waals surface area contributed by atoms with Crippen LogP contribution in [0.15, 0.2) is 28.7 Å². The maximum Gasteiger partial charge on any atom is 0.311 e. The molecule has 2 rings (SSSR count). The van der Waals surface area contributed by atoms with Gasteiger partial charge in [-0.05, 0) is 37.3 Å². The van der Waals surface area contributed by atoms with E-state index in [4.69, 9.17) is 4.74 Å². The summed E-state index contributed by atoms with van der Waals surface area (Å²) in [4.78, 5) is 11.4. The fourth-order valence-corrected chi connectivity index (χ4v) is 2.94. The van der Waals surface area contributed by atoms with Crippen LogP contribution in [0.4, 0.5) is 0 Å². The molecule has 2 unspecified atom stereocenters. The van der Waals surface area contributed by atoms with Crippen molar-refractivity contribution in [3.8, 4) is 0 Å². The molecule has 1 saturated heterocycles. The standard InChI is InChI=1S/C14H17BrO3/c15-13-7-2-1-6-11(13)12(14(16)17)9-10-5-3-4-8-18-10/h1-2,6-7,10,12H,3-5,8-9H2,(H,16,17). The Morgan fingerprint density at radius 2 is 2.22 bits per heavy atom. The van der Waals surface area contributed by atoms with Gasteiger partial charge in [0.25, 0.3) is 0 Å². The SMILES string of the molecule is O=C(O)C(CC1CCCCO1)c1ccccc1Br. The molecule has 98 valence electrons. The Labute approximate surface area is 115 Å². The third kappa shape index (κ3) is 3.33. The van der Waals surface area contributed by atoms with Gasteiger partial charge in [-0.25, -0.2) is 0 Å².